The van der Waals surface area contributed by atoms with Crippen LogP contribution in [0.2, 0.25) is 0 Å². The number of benzene rings is 4. The minimum Gasteiger partial charge on any atom is -0.489 e. The van der Waals surface area contributed by atoms with E-state index in [2.05, 4.69) is 18.0 Å². The molecule has 1 saturated carbocycles. The number of oxime groups is 1. The van der Waals surface area contributed by atoms with Gasteiger partial charge in [0, 0.05) is 56.3 Å². The number of hydrogen-bond acceptors (Lipinski definition) is 10. The zero-order valence-corrected chi connectivity index (χ0v) is 37.2. The maximum Gasteiger partial charge on any atom is 0.243 e. The summed E-state index contributed by atoms with van der Waals surface area (Å²) in [5.41, 5.74) is 3.96. The van der Waals surface area contributed by atoms with Crippen molar-refractivity contribution in [2.24, 2.45) is 22.9 Å². The van der Waals surface area contributed by atoms with Crippen LogP contribution in [0.1, 0.15) is 74.5 Å². The van der Waals surface area contributed by atoms with Gasteiger partial charge in [0.1, 0.15) is 30.5 Å². The van der Waals surface area contributed by atoms with Crippen LogP contribution in [0.4, 0.5) is 10.1 Å². The summed E-state index contributed by atoms with van der Waals surface area (Å²) in [7, 11) is -2.75. The predicted molar refractivity (Wildman–Crippen MR) is 243 cm³/mol. The summed E-state index contributed by atoms with van der Waals surface area (Å²) in [5, 5.41) is 27.4. The molecule has 6 atom stereocenters. The highest BCUT2D eigenvalue weighted by Gasteiger charge is 2.65. The van der Waals surface area contributed by atoms with Gasteiger partial charge < -0.3 is 34.6 Å². The van der Waals surface area contributed by atoms with Crippen LogP contribution in [0.25, 0.3) is 0 Å². The third kappa shape index (κ3) is 10.1. The van der Waals surface area contributed by atoms with Crippen molar-refractivity contribution in [3.05, 3.63) is 144 Å². The van der Waals surface area contributed by atoms with Crippen molar-refractivity contribution in [3.8, 4) is 11.5 Å². The van der Waals surface area contributed by atoms with Crippen molar-refractivity contribution in [1.29, 1.82) is 0 Å². The lowest BCUT2D eigenvalue weighted by atomic mass is 9.55. The number of anilines is 1. The van der Waals surface area contributed by atoms with Gasteiger partial charge in [-0.05, 0) is 97.2 Å². The van der Waals surface area contributed by atoms with E-state index < -0.39 is 27.8 Å². The zero-order chi connectivity index (χ0) is 45.3. The molecule has 0 saturated heterocycles. The molecular formula is C50H58FN3O9S. The molecule has 1 heterocycles. The van der Waals surface area contributed by atoms with Crippen LogP contribution in [-0.4, -0.2) is 73.3 Å². The number of allylic oxidation sites excluding steroid dienone is 1. The summed E-state index contributed by atoms with van der Waals surface area (Å²) in [5.74, 6) is -2.39. The number of likely N-dealkylation sites (N-methyl/N-ethyl adjacent to an activating group) is 1. The first-order chi connectivity index (χ1) is 31.0. The number of sulfonamides is 1. The second-order valence-corrected chi connectivity index (χ2v) is 18.6. The van der Waals surface area contributed by atoms with Gasteiger partial charge in [-0.25, -0.2) is 12.8 Å². The number of fused-ring (bicyclic) bond motifs is 2. The lowest BCUT2D eigenvalue weighted by Crippen LogP contribution is -2.69. The largest absolute Gasteiger partial charge is 0.489 e. The standard InChI is InChI=1S/C50H58FN3O9S/c1-4-28-61-50-47(54(3)64(58,59)40-23-20-38(21-24-40)52-34(2)57)31-45(53-62-32-35-14-6-5-7-15-35)42-29-36(16-10-12-26-55)41(18-11-13-27-56)48(49(42)50)43-30-39(22-25-46(43)63-50)60-33-37-17-8-9-19-44(37)51/h4-9,14-15,17,19-25,29-30,36,41,47-49,55-56H,1,10-13,16,18,26-28,31-33H2,2-3H3,(H,52,57). The molecule has 3 aliphatic rings. The summed E-state index contributed by atoms with van der Waals surface area (Å²) >= 11 is 0. The molecule has 7 rings (SSSR count). The van der Waals surface area contributed by atoms with Gasteiger partial charge in [0.25, 0.3) is 0 Å². The lowest BCUT2D eigenvalue weighted by Gasteiger charge is -2.59. The van der Waals surface area contributed by atoms with Gasteiger partial charge in [-0.3, -0.25) is 4.79 Å². The number of nitrogens with one attached hydrogen (secondary N) is 1. The van der Waals surface area contributed by atoms with Crippen molar-refractivity contribution < 1.29 is 46.9 Å². The zero-order valence-electron chi connectivity index (χ0n) is 36.4. The fourth-order valence-electron chi connectivity index (χ4n) is 9.58. The number of rotatable bonds is 21. The summed E-state index contributed by atoms with van der Waals surface area (Å²) in [4.78, 5) is 17.9. The quantitative estimate of drug-likeness (QED) is 0.0424. The molecule has 64 heavy (non-hydrogen) atoms. The van der Waals surface area contributed by atoms with Crippen molar-refractivity contribution >= 4 is 27.3 Å². The molecule has 0 bridgehead atoms. The molecule has 4 aromatic rings. The summed E-state index contributed by atoms with van der Waals surface area (Å²) in [6.07, 6.45) is 8.05. The van der Waals surface area contributed by atoms with Gasteiger partial charge >= 0.3 is 0 Å². The first-order valence-corrected chi connectivity index (χ1v) is 23.4. The van der Waals surface area contributed by atoms with Gasteiger partial charge in [0.05, 0.1) is 29.2 Å². The van der Waals surface area contributed by atoms with Crippen LogP contribution >= 0.6 is 0 Å². The summed E-state index contributed by atoms with van der Waals surface area (Å²) < 4.78 is 66.3. The van der Waals surface area contributed by atoms with E-state index in [1.807, 2.05) is 42.5 Å². The minimum atomic E-state index is -4.27. The molecule has 0 spiro atoms. The van der Waals surface area contributed by atoms with E-state index in [0.717, 1.165) is 36.0 Å². The number of halogens is 1. The van der Waals surface area contributed by atoms with Crippen LogP contribution in [0.15, 0.2) is 131 Å². The smallest absolute Gasteiger partial charge is 0.243 e. The molecule has 0 aromatic heterocycles. The first kappa shape index (κ1) is 46.6. The van der Waals surface area contributed by atoms with Crippen molar-refractivity contribution in [2.75, 3.05) is 32.2 Å². The Morgan fingerprint density at radius 1 is 0.969 bits per heavy atom. The number of amides is 1. The highest BCUT2D eigenvalue weighted by molar-refractivity contribution is 7.89. The average Bonchev–Trinajstić information content (AvgIpc) is 3.29. The van der Waals surface area contributed by atoms with Crippen molar-refractivity contribution in [1.82, 2.24) is 4.31 Å². The van der Waals surface area contributed by atoms with E-state index in [-0.39, 0.29) is 73.8 Å². The highest BCUT2D eigenvalue weighted by Crippen LogP contribution is 2.62. The molecule has 6 unspecified atom stereocenters. The topological polar surface area (TPSA) is 156 Å². The number of unbranched alkanes of at least 4 members (excludes halogenated alkanes) is 2. The monoisotopic (exact) mass is 895 g/mol. The number of ether oxygens (including phenoxy) is 3. The van der Waals surface area contributed by atoms with Gasteiger partial charge in [0.2, 0.25) is 21.7 Å². The molecule has 3 N–H and O–H groups in total. The van der Waals surface area contributed by atoms with E-state index in [4.69, 9.17) is 24.2 Å². The Morgan fingerprint density at radius 2 is 1.69 bits per heavy atom. The fourth-order valence-corrected chi connectivity index (χ4v) is 10.9. The normalized spacial score (nSPS) is 23.1. The predicted octanol–water partition coefficient (Wildman–Crippen LogP) is 8.52. The number of nitrogens with zero attached hydrogens (tertiary/aromatic N) is 2. The van der Waals surface area contributed by atoms with E-state index in [1.54, 1.807) is 42.5 Å². The number of carbonyl (C=O) groups excluding carboxylic acids is 1. The number of aliphatic hydroxyl groups is 2. The Kier molecular flexibility index (Phi) is 15.3. The maximum atomic E-state index is 14.9. The first-order valence-electron chi connectivity index (χ1n) is 22.0. The van der Waals surface area contributed by atoms with E-state index in [1.165, 1.54) is 36.5 Å². The van der Waals surface area contributed by atoms with Crippen LogP contribution in [0.5, 0.6) is 11.5 Å². The molecule has 1 amide bonds. The van der Waals surface area contributed by atoms with Crippen LogP contribution in [0, 0.1) is 23.6 Å². The molecule has 1 fully saturated rings. The fraction of sp³-hybridized carbons (Fsp3) is 0.400. The van der Waals surface area contributed by atoms with Crippen molar-refractivity contribution in [2.45, 2.75) is 87.7 Å². The van der Waals surface area contributed by atoms with Crippen molar-refractivity contribution in [3.63, 3.8) is 0 Å². The Morgan fingerprint density at radius 3 is 2.39 bits per heavy atom. The minimum absolute atomic E-state index is 0.00185. The molecule has 0 radical (unpaired) electrons. The Labute approximate surface area is 375 Å². The molecule has 12 nitrogen and oxygen atoms in total. The molecule has 340 valence electrons. The van der Waals surface area contributed by atoms with Crippen LogP contribution in [0.3, 0.4) is 0 Å². The number of hydrogen-bond donors (Lipinski definition) is 3. The van der Waals surface area contributed by atoms with E-state index in [9.17, 15) is 27.8 Å². The summed E-state index contributed by atoms with van der Waals surface area (Å²) in [6, 6.07) is 26.6. The molecule has 14 heteroatoms. The SMILES string of the molecule is C=CCOC12Oc3ccc(OCc4ccccc4F)cc3C3C(CCCCO)C(CCCCO)C=C(C(=NOCc4ccccc4)CC1N(C)S(=O)(=O)c1ccc(NC(C)=O)cc1)C32. The molecule has 1 aliphatic heterocycles. The Balaban J connectivity index is 1.41. The van der Waals surface area contributed by atoms with Gasteiger partial charge in [-0.2, -0.15) is 4.31 Å². The average molecular weight is 896 g/mol. The van der Waals surface area contributed by atoms with Crippen LogP contribution < -0.4 is 14.8 Å². The maximum absolute atomic E-state index is 14.9. The molecular weight excluding hydrogens is 838 g/mol. The van der Waals surface area contributed by atoms with Crippen LogP contribution in [-0.2, 0) is 37.6 Å². The Hall–Kier alpha value is -5.38. The molecule has 4 aromatic carbocycles. The second kappa shape index (κ2) is 21.1. The van der Waals surface area contributed by atoms with E-state index in [0.29, 0.717) is 47.7 Å². The third-order valence-electron chi connectivity index (χ3n) is 12.5. The van der Waals surface area contributed by atoms with Gasteiger partial charge in [-0.15, -0.1) is 6.58 Å². The summed E-state index contributed by atoms with van der Waals surface area (Å²) in [6.45, 7) is 5.63. The molecule has 2 aliphatic carbocycles. The van der Waals surface area contributed by atoms with Gasteiger partial charge in [0.15, 0.2) is 0 Å². The second-order valence-electron chi connectivity index (χ2n) is 16.6. The Bertz CT molecular complexity index is 2410. The lowest BCUT2D eigenvalue weighted by molar-refractivity contribution is -0.250. The number of carbonyl (C=O) groups is 1. The third-order valence-corrected chi connectivity index (χ3v) is 14.4. The number of aliphatic hydroxyl groups excluding tert-OH is 2. The highest BCUT2D eigenvalue weighted by atomic mass is 32.2. The van der Waals surface area contributed by atoms with E-state index >= 15 is 0 Å². The van der Waals surface area contributed by atoms with Gasteiger partial charge in [-0.1, -0.05) is 78.7 Å².